The van der Waals surface area contributed by atoms with E-state index in [4.69, 9.17) is 11.6 Å². The first kappa shape index (κ1) is 22.8. The van der Waals surface area contributed by atoms with E-state index in [9.17, 15) is 13.2 Å². The maximum absolute atomic E-state index is 13.0. The van der Waals surface area contributed by atoms with E-state index < -0.39 is 10.0 Å². The summed E-state index contributed by atoms with van der Waals surface area (Å²) >= 11 is 5.88. The van der Waals surface area contributed by atoms with Crippen LogP contribution in [0.5, 0.6) is 0 Å². The molecule has 0 radical (unpaired) electrons. The highest BCUT2D eigenvalue weighted by Gasteiger charge is 2.34. The average Bonchev–Trinajstić information content (AvgIpc) is 2.74. The standard InChI is InChI=1S/C23H29ClN2O3S/c1-4-22(18-8-7-16(2)17(3)14-18)25-23(27)19-6-5-13-26(15-19)30(28,29)21-11-9-20(24)10-12-21/h7-12,14,19,22H,4-6,13,15H2,1-3H3,(H,25,27)/t19-,22-/m1/s1. The predicted octanol–water partition coefficient (Wildman–Crippen LogP) is 4.63. The zero-order valence-corrected chi connectivity index (χ0v) is 19.3. The summed E-state index contributed by atoms with van der Waals surface area (Å²) in [6, 6.07) is 12.3. The van der Waals surface area contributed by atoms with E-state index in [2.05, 4.69) is 37.4 Å². The van der Waals surface area contributed by atoms with Gasteiger partial charge in [-0.25, -0.2) is 8.42 Å². The van der Waals surface area contributed by atoms with Crippen LogP contribution in [0.1, 0.15) is 48.9 Å². The largest absolute Gasteiger partial charge is 0.349 e. The molecule has 1 aliphatic rings. The number of carbonyl (C=O) groups excluding carboxylic acids is 1. The van der Waals surface area contributed by atoms with Crippen molar-refractivity contribution in [3.05, 3.63) is 64.2 Å². The lowest BCUT2D eigenvalue weighted by Gasteiger charge is -2.32. The fraction of sp³-hybridized carbons (Fsp3) is 0.435. The Bertz CT molecular complexity index is 1010. The molecule has 2 aromatic carbocycles. The first-order valence-electron chi connectivity index (χ1n) is 10.4. The van der Waals surface area contributed by atoms with Crippen molar-refractivity contribution in [1.29, 1.82) is 0 Å². The van der Waals surface area contributed by atoms with E-state index in [1.807, 2.05) is 6.92 Å². The topological polar surface area (TPSA) is 66.5 Å². The number of benzene rings is 2. The van der Waals surface area contributed by atoms with Crippen LogP contribution < -0.4 is 5.32 Å². The molecule has 162 valence electrons. The molecule has 5 nitrogen and oxygen atoms in total. The van der Waals surface area contributed by atoms with Crippen LogP contribution in [0.15, 0.2) is 47.4 Å². The second kappa shape index (κ2) is 9.50. The minimum atomic E-state index is -3.65. The van der Waals surface area contributed by atoms with E-state index >= 15 is 0 Å². The van der Waals surface area contributed by atoms with E-state index in [1.165, 1.54) is 27.6 Å². The van der Waals surface area contributed by atoms with Gasteiger partial charge in [0.15, 0.2) is 0 Å². The van der Waals surface area contributed by atoms with Gasteiger partial charge in [-0.15, -0.1) is 0 Å². The summed E-state index contributed by atoms with van der Waals surface area (Å²) in [5, 5.41) is 3.63. The molecule has 1 fully saturated rings. The smallest absolute Gasteiger partial charge is 0.243 e. The Morgan fingerprint density at radius 1 is 1.17 bits per heavy atom. The van der Waals surface area contributed by atoms with Crippen molar-refractivity contribution < 1.29 is 13.2 Å². The lowest BCUT2D eigenvalue weighted by Crippen LogP contribution is -2.46. The number of aryl methyl sites for hydroxylation is 2. The third-order valence-electron chi connectivity index (χ3n) is 5.86. The van der Waals surface area contributed by atoms with Gasteiger partial charge in [-0.3, -0.25) is 4.79 Å². The molecule has 2 aromatic rings. The molecule has 0 saturated carbocycles. The van der Waals surface area contributed by atoms with Gasteiger partial charge in [0.1, 0.15) is 0 Å². The number of amides is 1. The minimum absolute atomic E-state index is 0.0833. The molecule has 1 heterocycles. The zero-order chi connectivity index (χ0) is 21.9. The monoisotopic (exact) mass is 448 g/mol. The number of piperidine rings is 1. The summed E-state index contributed by atoms with van der Waals surface area (Å²) in [6.45, 7) is 6.78. The average molecular weight is 449 g/mol. The van der Waals surface area contributed by atoms with Gasteiger partial charge in [-0.1, -0.05) is 36.7 Å². The number of sulfonamides is 1. The Hall–Kier alpha value is -1.89. The molecule has 30 heavy (non-hydrogen) atoms. The van der Waals surface area contributed by atoms with Gasteiger partial charge in [-0.2, -0.15) is 4.31 Å². The summed E-state index contributed by atoms with van der Waals surface area (Å²) in [6.07, 6.45) is 2.11. The van der Waals surface area contributed by atoms with E-state index in [0.717, 1.165) is 12.0 Å². The zero-order valence-electron chi connectivity index (χ0n) is 17.7. The highest BCUT2D eigenvalue weighted by molar-refractivity contribution is 7.89. The van der Waals surface area contributed by atoms with Gasteiger partial charge in [0.05, 0.1) is 16.9 Å². The van der Waals surface area contributed by atoms with Crippen molar-refractivity contribution in [1.82, 2.24) is 9.62 Å². The number of nitrogens with one attached hydrogen (secondary N) is 1. The van der Waals surface area contributed by atoms with Gasteiger partial charge in [0.25, 0.3) is 0 Å². The quantitative estimate of drug-likeness (QED) is 0.700. The molecule has 0 aliphatic carbocycles. The van der Waals surface area contributed by atoms with Crippen LogP contribution in [0, 0.1) is 19.8 Å². The Morgan fingerprint density at radius 3 is 2.50 bits per heavy atom. The Kier molecular flexibility index (Phi) is 7.22. The molecular formula is C23H29ClN2O3S. The molecule has 3 rings (SSSR count). The molecule has 0 bridgehead atoms. The van der Waals surface area contributed by atoms with Crippen LogP contribution in [0.2, 0.25) is 5.02 Å². The summed E-state index contributed by atoms with van der Waals surface area (Å²) in [5.41, 5.74) is 3.49. The van der Waals surface area contributed by atoms with Crippen LogP contribution in [-0.2, 0) is 14.8 Å². The first-order valence-corrected chi connectivity index (χ1v) is 12.2. The van der Waals surface area contributed by atoms with E-state index in [0.29, 0.717) is 24.4 Å². The highest BCUT2D eigenvalue weighted by Crippen LogP contribution is 2.26. The van der Waals surface area contributed by atoms with Crippen LogP contribution in [0.25, 0.3) is 0 Å². The Balaban J connectivity index is 1.71. The van der Waals surface area contributed by atoms with Crippen molar-refractivity contribution >= 4 is 27.5 Å². The molecule has 2 atom stereocenters. The fourth-order valence-corrected chi connectivity index (χ4v) is 5.47. The van der Waals surface area contributed by atoms with Crippen LogP contribution in [-0.4, -0.2) is 31.7 Å². The van der Waals surface area contributed by atoms with Gasteiger partial charge in [0, 0.05) is 18.1 Å². The first-order chi connectivity index (χ1) is 14.2. The van der Waals surface area contributed by atoms with Gasteiger partial charge < -0.3 is 5.32 Å². The number of hydrogen-bond acceptors (Lipinski definition) is 3. The summed E-state index contributed by atoms with van der Waals surface area (Å²) in [7, 11) is -3.65. The van der Waals surface area contributed by atoms with Crippen molar-refractivity contribution in [2.75, 3.05) is 13.1 Å². The lowest BCUT2D eigenvalue weighted by molar-refractivity contribution is -0.126. The fourth-order valence-electron chi connectivity index (χ4n) is 3.82. The number of hydrogen-bond donors (Lipinski definition) is 1. The van der Waals surface area contributed by atoms with E-state index in [1.54, 1.807) is 12.1 Å². The number of nitrogens with zero attached hydrogens (tertiary/aromatic N) is 1. The van der Waals surface area contributed by atoms with Gasteiger partial charge >= 0.3 is 0 Å². The van der Waals surface area contributed by atoms with Crippen LogP contribution >= 0.6 is 11.6 Å². The third kappa shape index (κ3) is 5.05. The molecule has 1 N–H and O–H groups in total. The maximum atomic E-state index is 13.0. The predicted molar refractivity (Wildman–Crippen MR) is 120 cm³/mol. The normalized spacial score (nSPS) is 18.7. The molecule has 0 spiro atoms. The lowest BCUT2D eigenvalue weighted by atomic mass is 9.96. The van der Waals surface area contributed by atoms with Crippen LogP contribution in [0.4, 0.5) is 0 Å². The number of rotatable bonds is 6. The van der Waals surface area contributed by atoms with Gasteiger partial charge in [-0.05, 0) is 74.1 Å². The maximum Gasteiger partial charge on any atom is 0.243 e. The second-order valence-corrected chi connectivity index (χ2v) is 10.3. The summed E-state index contributed by atoms with van der Waals surface area (Å²) in [5.74, 6) is -0.447. The Morgan fingerprint density at radius 2 is 1.87 bits per heavy atom. The summed E-state index contributed by atoms with van der Waals surface area (Å²) < 4.78 is 27.4. The minimum Gasteiger partial charge on any atom is -0.349 e. The van der Waals surface area contributed by atoms with Crippen molar-refractivity contribution in [3.63, 3.8) is 0 Å². The van der Waals surface area contributed by atoms with Gasteiger partial charge in [0.2, 0.25) is 15.9 Å². The SMILES string of the molecule is CC[C@@H](NC(=O)[C@@H]1CCCN(S(=O)(=O)c2ccc(Cl)cc2)C1)c1ccc(C)c(C)c1. The van der Waals surface area contributed by atoms with Crippen molar-refractivity contribution in [3.8, 4) is 0 Å². The molecule has 1 aliphatic heterocycles. The van der Waals surface area contributed by atoms with E-state index in [-0.39, 0.29) is 29.3 Å². The molecule has 1 saturated heterocycles. The summed E-state index contributed by atoms with van der Waals surface area (Å²) in [4.78, 5) is 13.2. The molecule has 0 unspecified atom stereocenters. The molecular weight excluding hydrogens is 420 g/mol. The second-order valence-electron chi connectivity index (χ2n) is 7.97. The van der Waals surface area contributed by atoms with Crippen molar-refractivity contribution in [2.24, 2.45) is 5.92 Å². The number of halogens is 1. The third-order valence-corrected chi connectivity index (χ3v) is 8.00. The Labute approximate surface area is 184 Å². The number of carbonyl (C=O) groups is 1. The highest BCUT2D eigenvalue weighted by atomic mass is 35.5. The molecule has 1 amide bonds. The van der Waals surface area contributed by atoms with Crippen LogP contribution in [0.3, 0.4) is 0 Å². The molecule has 0 aromatic heterocycles. The van der Waals surface area contributed by atoms with Crippen molar-refractivity contribution in [2.45, 2.75) is 51.0 Å². The molecule has 7 heteroatoms.